The maximum atomic E-state index is 10.6. The Bertz CT molecular complexity index is 760. The van der Waals surface area contributed by atoms with Gasteiger partial charge in [0, 0.05) is 18.7 Å². The molecule has 0 bridgehead atoms. The zero-order chi connectivity index (χ0) is 19.8. The number of hydrogen-bond donors (Lipinski definition) is 3. The molecule has 9 heteroatoms. The molecule has 0 aliphatic heterocycles. The monoisotopic (exact) mass is 504 g/mol. The minimum absolute atomic E-state index is 0. The van der Waals surface area contributed by atoms with Gasteiger partial charge in [0.15, 0.2) is 5.96 Å². The van der Waals surface area contributed by atoms with Gasteiger partial charge in [-0.25, -0.2) is 9.98 Å². The Morgan fingerprint density at radius 2 is 2.00 bits per heavy atom. The molecule has 1 aromatic heterocycles. The second-order valence-corrected chi connectivity index (χ2v) is 5.95. The minimum atomic E-state index is -0.801. The van der Waals surface area contributed by atoms with Crippen LogP contribution in [0.5, 0.6) is 11.5 Å². The van der Waals surface area contributed by atoms with E-state index >= 15 is 0 Å². The predicted octanol–water partition coefficient (Wildman–Crippen LogP) is 2.72. The summed E-state index contributed by atoms with van der Waals surface area (Å²) in [6.07, 6.45) is -0.801. The Balaban J connectivity index is 0.00000392. The van der Waals surface area contributed by atoms with Crippen molar-refractivity contribution in [2.75, 3.05) is 27.3 Å². The number of benzene rings is 1. The van der Waals surface area contributed by atoms with Crippen molar-refractivity contribution in [3.63, 3.8) is 0 Å². The second-order valence-electron chi connectivity index (χ2n) is 5.95. The number of hydrogen-bond acceptors (Lipinski definition) is 6. The second kappa shape index (κ2) is 11.7. The maximum Gasteiger partial charge on any atom is 0.216 e. The largest absolute Gasteiger partial charge is 0.497 e. The van der Waals surface area contributed by atoms with Crippen molar-refractivity contribution in [1.29, 1.82) is 0 Å². The summed E-state index contributed by atoms with van der Waals surface area (Å²) in [5.41, 5.74) is 1.50. The van der Waals surface area contributed by atoms with Gasteiger partial charge in [0.05, 0.1) is 26.0 Å². The number of oxazole rings is 1. The van der Waals surface area contributed by atoms with Crippen molar-refractivity contribution in [3.8, 4) is 11.5 Å². The third kappa shape index (κ3) is 6.55. The lowest BCUT2D eigenvalue weighted by Gasteiger charge is -2.18. The van der Waals surface area contributed by atoms with Gasteiger partial charge in [-0.3, -0.25) is 0 Å². The van der Waals surface area contributed by atoms with Gasteiger partial charge < -0.3 is 29.6 Å². The Labute approximate surface area is 182 Å². The average molecular weight is 504 g/mol. The van der Waals surface area contributed by atoms with E-state index in [1.54, 1.807) is 32.4 Å². The van der Waals surface area contributed by atoms with Crippen LogP contribution in [-0.4, -0.2) is 43.4 Å². The van der Waals surface area contributed by atoms with E-state index in [4.69, 9.17) is 13.9 Å². The van der Waals surface area contributed by atoms with E-state index in [2.05, 4.69) is 20.6 Å². The normalized spacial score (nSPS) is 12.1. The number of aliphatic hydroxyl groups is 1. The van der Waals surface area contributed by atoms with Gasteiger partial charge in [-0.05, 0) is 39.0 Å². The summed E-state index contributed by atoms with van der Waals surface area (Å²) in [6.45, 7) is 6.98. The number of nitrogens with zero attached hydrogens (tertiary/aromatic N) is 2. The van der Waals surface area contributed by atoms with Gasteiger partial charge in [0.1, 0.15) is 23.8 Å². The van der Waals surface area contributed by atoms with E-state index in [9.17, 15) is 5.11 Å². The van der Waals surface area contributed by atoms with Crippen LogP contribution < -0.4 is 20.1 Å². The SMILES string of the molecule is CCNC(=NCc1nc(C)c(C)o1)NCC(O)c1cc(OC)ccc1OC.I. The number of aliphatic hydroxyl groups excluding tert-OH is 1. The number of rotatable bonds is 8. The third-order valence-electron chi connectivity index (χ3n) is 4.05. The lowest BCUT2D eigenvalue weighted by Crippen LogP contribution is -2.39. The van der Waals surface area contributed by atoms with Crippen LogP contribution in [0.3, 0.4) is 0 Å². The predicted molar refractivity (Wildman–Crippen MR) is 119 cm³/mol. The van der Waals surface area contributed by atoms with Crippen molar-refractivity contribution >= 4 is 29.9 Å². The Morgan fingerprint density at radius 3 is 2.57 bits per heavy atom. The van der Waals surface area contributed by atoms with Crippen LogP contribution in [0.25, 0.3) is 0 Å². The fourth-order valence-electron chi connectivity index (χ4n) is 2.50. The van der Waals surface area contributed by atoms with Crippen LogP contribution in [0.1, 0.15) is 35.9 Å². The molecule has 0 amide bonds. The molecule has 0 spiro atoms. The lowest BCUT2D eigenvalue weighted by molar-refractivity contribution is 0.176. The van der Waals surface area contributed by atoms with Crippen LogP contribution in [0, 0.1) is 13.8 Å². The van der Waals surface area contributed by atoms with Crippen molar-refractivity contribution in [2.24, 2.45) is 4.99 Å². The van der Waals surface area contributed by atoms with E-state index in [0.29, 0.717) is 42.0 Å². The lowest BCUT2D eigenvalue weighted by atomic mass is 10.1. The maximum absolute atomic E-state index is 10.6. The molecule has 28 heavy (non-hydrogen) atoms. The molecule has 2 aromatic rings. The van der Waals surface area contributed by atoms with Crippen LogP contribution >= 0.6 is 24.0 Å². The van der Waals surface area contributed by atoms with Gasteiger partial charge in [-0.15, -0.1) is 24.0 Å². The Hall–Kier alpha value is -2.01. The Kier molecular flexibility index (Phi) is 10.1. The summed E-state index contributed by atoms with van der Waals surface area (Å²) in [5, 5.41) is 16.8. The summed E-state index contributed by atoms with van der Waals surface area (Å²) >= 11 is 0. The van der Waals surface area contributed by atoms with Gasteiger partial charge in [-0.2, -0.15) is 0 Å². The van der Waals surface area contributed by atoms with Gasteiger partial charge in [0.2, 0.25) is 5.89 Å². The van der Waals surface area contributed by atoms with Gasteiger partial charge in [0.25, 0.3) is 0 Å². The highest BCUT2D eigenvalue weighted by Crippen LogP contribution is 2.29. The van der Waals surface area contributed by atoms with Crippen LogP contribution in [0.15, 0.2) is 27.6 Å². The number of aryl methyl sites for hydroxylation is 2. The first-order valence-corrected chi connectivity index (χ1v) is 8.83. The molecule has 0 aliphatic rings. The number of ether oxygens (including phenoxy) is 2. The molecule has 0 fully saturated rings. The highest BCUT2D eigenvalue weighted by Gasteiger charge is 2.15. The summed E-state index contributed by atoms with van der Waals surface area (Å²) < 4.78 is 16.1. The molecule has 1 heterocycles. The van der Waals surface area contributed by atoms with Crippen molar-refractivity contribution < 1.29 is 19.0 Å². The molecule has 0 aliphatic carbocycles. The zero-order valence-corrected chi connectivity index (χ0v) is 19.2. The molecule has 1 aromatic carbocycles. The zero-order valence-electron chi connectivity index (χ0n) is 16.9. The molecule has 1 unspecified atom stereocenters. The highest BCUT2D eigenvalue weighted by molar-refractivity contribution is 14.0. The topological polar surface area (TPSA) is 101 Å². The molecule has 1 atom stereocenters. The van der Waals surface area contributed by atoms with Crippen LogP contribution in [-0.2, 0) is 6.54 Å². The first-order valence-electron chi connectivity index (χ1n) is 8.83. The third-order valence-corrected chi connectivity index (χ3v) is 4.05. The first kappa shape index (κ1) is 24.0. The molecule has 0 saturated heterocycles. The molecule has 0 saturated carbocycles. The fraction of sp³-hybridized carbons (Fsp3) is 0.474. The molecular weight excluding hydrogens is 475 g/mol. The molecule has 2 rings (SSSR count). The molecule has 0 radical (unpaired) electrons. The summed E-state index contributed by atoms with van der Waals surface area (Å²) in [6, 6.07) is 5.31. The Morgan fingerprint density at radius 1 is 1.25 bits per heavy atom. The molecule has 156 valence electrons. The number of methoxy groups -OCH3 is 2. The van der Waals surface area contributed by atoms with Crippen LogP contribution in [0.2, 0.25) is 0 Å². The molecular formula is C19H29IN4O4. The van der Waals surface area contributed by atoms with Gasteiger partial charge >= 0.3 is 0 Å². The summed E-state index contributed by atoms with van der Waals surface area (Å²) in [5.74, 6) is 3.15. The summed E-state index contributed by atoms with van der Waals surface area (Å²) in [7, 11) is 3.15. The van der Waals surface area contributed by atoms with Gasteiger partial charge in [-0.1, -0.05) is 0 Å². The fourth-order valence-corrected chi connectivity index (χ4v) is 2.50. The number of aliphatic imine (C=N–C) groups is 1. The average Bonchev–Trinajstić information content (AvgIpc) is 3.00. The minimum Gasteiger partial charge on any atom is -0.497 e. The van der Waals surface area contributed by atoms with E-state index < -0.39 is 6.10 Å². The molecule has 3 N–H and O–H groups in total. The number of aromatic nitrogens is 1. The quantitative estimate of drug-likeness (QED) is 0.289. The van der Waals surface area contributed by atoms with E-state index in [-0.39, 0.29) is 30.5 Å². The van der Waals surface area contributed by atoms with Crippen LogP contribution in [0.4, 0.5) is 0 Å². The number of halogens is 1. The highest BCUT2D eigenvalue weighted by atomic mass is 127. The van der Waals surface area contributed by atoms with Crippen molar-refractivity contribution in [1.82, 2.24) is 15.6 Å². The molecule has 8 nitrogen and oxygen atoms in total. The van der Waals surface area contributed by atoms with E-state index in [1.807, 2.05) is 20.8 Å². The van der Waals surface area contributed by atoms with E-state index in [1.165, 1.54) is 0 Å². The van der Waals surface area contributed by atoms with Crippen molar-refractivity contribution in [3.05, 3.63) is 41.1 Å². The standard InChI is InChI=1S/C19H28N4O4.HI/c1-6-20-19(22-11-18-23-12(2)13(3)27-18)21-10-16(24)15-9-14(25-4)7-8-17(15)26-5;/h7-9,16,24H,6,10-11H2,1-5H3,(H2,20,21,22);1H. The number of nitrogens with one attached hydrogen (secondary N) is 2. The van der Waals surface area contributed by atoms with Crippen molar-refractivity contribution in [2.45, 2.75) is 33.4 Å². The first-order chi connectivity index (χ1) is 13.0. The number of guanidine groups is 1. The smallest absolute Gasteiger partial charge is 0.216 e. The summed E-state index contributed by atoms with van der Waals surface area (Å²) in [4.78, 5) is 8.77. The van der Waals surface area contributed by atoms with E-state index in [0.717, 1.165) is 11.5 Å².